The van der Waals surface area contributed by atoms with Crippen molar-refractivity contribution in [3.63, 3.8) is 0 Å². The van der Waals surface area contributed by atoms with Gasteiger partial charge in [0.15, 0.2) is 0 Å². The van der Waals surface area contributed by atoms with Gasteiger partial charge in [0.25, 0.3) is 0 Å². The van der Waals surface area contributed by atoms with Crippen LogP contribution in [0.25, 0.3) is 0 Å². The average Bonchev–Trinajstić information content (AvgIpc) is 2.38. The van der Waals surface area contributed by atoms with Gasteiger partial charge in [0.2, 0.25) is 0 Å². The predicted molar refractivity (Wildman–Crippen MR) is 87.0 cm³/mol. The van der Waals surface area contributed by atoms with Gasteiger partial charge >= 0.3 is 0 Å². The van der Waals surface area contributed by atoms with Crippen LogP contribution < -0.4 is 11.1 Å². The summed E-state index contributed by atoms with van der Waals surface area (Å²) in [6, 6.07) is 6.39. The summed E-state index contributed by atoms with van der Waals surface area (Å²) in [4.78, 5) is 0.347. The number of anilines is 1. The van der Waals surface area contributed by atoms with Gasteiger partial charge in [-0.1, -0.05) is 50.0 Å². The zero-order valence-corrected chi connectivity index (χ0v) is 12.9. The predicted octanol–water partition coefficient (Wildman–Crippen LogP) is 4.35. The molecular weight excluding hydrogens is 276 g/mol. The van der Waals surface area contributed by atoms with Crippen LogP contribution in [0.15, 0.2) is 18.2 Å². The number of hydrogen-bond acceptors (Lipinski definition) is 2. The van der Waals surface area contributed by atoms with E-state index >= 15 is 0 Å². The first kappa shape index (κ1) is 14.6. The molecule has 4 heteroatoms. The van der Waals surface area contributed by atoms with E-state index in [4.69, 9.17) is 29.6 Å². The van der Waals surface area contributed by atoms with Gasteiger partial charge < -0.3 is 11.1 Å². The minimum atomic E-state index is 0.347. The Hall–Kier alpha value is -0.800. The highest BCUT2D eigenvalue weighted by molar-refractivity contribution is 7.80. The molecule has 1 fully saturated rings. The van der Waals surface area contributed by atoms with E-state index in [-0.39, 0.29) is 0 Å². The number of nitrogens with two attached hydrogens (primary N) is 1. The molecule has 0 saturated heterocycles. The van der Waals surface area contributed by atoms with Crippen LogP contribution in [-0.2, 0) is 0 Å². The summed E-state index contributed by atoms with van der Waals surface area (Å²) >= 11 is 11.1. The summed E-state index contributed by atoms with van der Waals surface area (Å²) in [5, 5.41) is 4.21. The first-order chi connectivity index (χ1) is 9.10. The fraction of sp³-hybridized carbons (Fsp3) is 0.533. The van der Waals surface area contributed by atoms with Crippen molar-refractivity contribution in [1.29, 1.82) is 0 Å². The maximum atomic E-state index is 6.19. The molecule has 2 atom stereocenters. The highest BCUT2D eigenvalue weighted by Crippen LogP contribution is 2.29. The molecule has 1 aliphatic rings. The van der Waals surface area contributed by atoms with Crippen LogP contribution in [0.4, 0.5) is 5.69 Å². The lowest BCUT2D eigenvalue weighted by Gasteiger charge is -2.30. The Morgan fingerprint density at radius 2 is 2.26 bits per heavy atom. The average molecular weight is 297 g/mol. The van der Waals surface area contributed by atoms with E-state index in [0.29, 0.717) is 16.1 Å². The zero-order valence-electron chi connectivity index (χ0n) is 11.3. The molecule has 1 aromatic rings. The lowest BCUT2D eigenvalue weighted by atomic mass is 9.84. The van der Waals surface area contributed by atoms with Gasteiger partial charge in [0.05, 0.1) is 5.02 Å². The molecule has 0 spiro atoms. The van der Waals surface area contributed by atoms with Crippen LogP contribution in [0.1, 0.15) is 44.6 Å². The van der Waals surface area contributed by atoms with Gasteiger partial charge in [-0.15, -0.1) is 0 Å². The van der Waals surface area contributed by atoms with Crippen LogP contribution >= 0.6 is 23.8 Å². The molecule has 104 valence electrons. The second kappa shape index (κ2) is 6.58. The smallest absolute Gasteiger partial charge is 0.105 e. The maximum Gasteiger partial charge on any atom is 0.105 e. The van der Waals surface area contributed by atoms with Crippen molar-refractivity contribution in [1.82, 2.24) is 0 Å². The van der Waals surface area contributed by atoms with Crippen molar-refractivity contribution in [3.05, 3.63) is 28.8 Å². The third kappa shape index (κ3) is 3.83. The zero-order chi connectivity index (χ0) is 13.8. The number of nitrogens with one attached hydrogen (secondary N) is 1. The molecule has 0 radical (unpaired) electrons. The lowest BCUT2D eigenvalue weighted by Crippen LogP contribution is -2.27. The molecule has 2 unspecified atom stereocenters. The molecule has 0 heterocycles. The SMILES string of the molecule is CCC1CCCC(Nc2ccc(C(N)=S)c(Cl)c2)C1. The lowest BCUT2D eigenvalue weighted by molar-refractivity contribution is 0.327. The van der Waals surface area contributed by atoms with Gasteiger partial charge in [-0.25, -0.2) is 0 Å². The van der Waals surface area contributed by atoms with Crippen LogP contribution in [0.5, 0.6) is 0 Å². The van der Waals surface area contributed by atoms with E-state index in [1.807, 2.05) is 18.2 Å². The molecular formula is C15H21ClN2S. The van der Waals surface area contributed by atoms with Crippen molar-refractivity contribution < 1.29 is 0 Å². The van der Waals surface area contributed by atoms with Gasteiger partial charge in [-0.05, 0) is 37.0 Å². The third-order valence-electron chi connectivity index (χ3n) is 3.97. The number of benzene rings is 1. The molecule has 0 aliphatic heterocycles. The van der Waals surface area contributed by atoms with Crippen LogP contribution in [0.2, 0.25) is 5.02 Å². The summed E-state index contributed by atoms with van der Waals surface area (Å²) in [6.45, 7) is 2.28. The summed E-state index contributed by atoms with van der Waals surface area (Å²) in [6.07, 6.45) is 6.46. The number of hydrogen-bond donors (Lipinski definition) is 2. The van der Waals surface area contributed by atoms with E-state index in [0.717, 1.165) is 17.2 Å². The Morgan fingerprint density at radius 3 is 2.89 bits per heavy atom. The molecule has 2 nitrogen and oxygen atoms in total. The monoisotopic (exact) mass is 296 g/mol. The molecule has 3 N–H and O–H groups in total. The molecule has 2 rings (SSSR count). The molecule has 19 heavy (non-hydrogen) atoms. The fourth-order valence-electron chi connectivity index (χ4n) is 2.83. The van der Waals surface area contributed by atoms with Crippen LogP contribution in [0, 0.1) is 5.92 Å². The standard InChI is InChI=1S/C15H21ClN2S/c1-2-10-4-3-5-11(8-10)18-12-6-7-13(15(17)19)14(16)9-12/h6-7,9-11,18H,2-5,8H2,1H3,(H2,17,19). The van der Waals surface area contributed by atoms with Crippen LogP contribution in [0.3, 0.4) is 0 Å². The van der Waals surface area contributed by atoms with E-state index in [1.165, 1.54) is 32.1 Å². The van der Waals surface area contributed by atoms with Crippen LogP contribution in [-0.4, -0.2) is 11.0 Å². The second-order valence-corrected chi connectivity index (χ2v) is 6.19. The van der Waals surface area contributed by atoms with Crippen molar-refractivity contribution in [2.45, 2.75) is 45.1 Å². The van der Waals surface area contributed by atoms with Crippen molar-refractivity contribution >= 4 is 34.5 Å². The summed E-state index contributed by atoms with van der Waals surface area (Å²) in [5.41, 5.74) is 7.42. The number of thiocarbonyl (C=S) groups is 1. The minimum Gasteiger partial charge on any atom is -0.389 e. The first-order valence-corrected chi connectivity index (χ1v) is 7.74. The van der Waals surface area contributed by atoms with Gasteiger partial charge in [0.1, 0.15) is 4.99 Å². The molecule has 0 aromatic heterocycles. The van der Waals surface area contributed by atoms with E-state index < -0.39 is 0 Å². The number of rotatable bonds is 4. The first-order valence-electron chi connectivity index (χ1n) is 6.96. The molecule has 0 bridgehead atoms. The Morgan fingerprint density at radius 1 is 1.47 bits per heavy atom. The topological polar surface area (TPSA) is 38.0 Å². The highest BCUT2D eigenvalue weighted by Gasteiger charge is 2.20. The summed E-state index contributed by atoms with van der Waals surface area (Å²) in [7, 11) is 0. The Kier molecular flexibility index (Phi) is 5.06. The summed E-state index contributed by atoms with van der Waals surface area (Å²) in [5.74, 6) is 0.859. The van der Waals surface area contributed by atoms with Gasteiger partial charge in [-0.2, -0.15) is 0 Å². The maximum absolute atomic E-state index is 6.19. The minimum absolute atomic E-state index is 0.347. The Balaban J connectivity index is 2.03. The molecule has 1 saturated carbocycles. The highest BCUT2D eigenvalue weighted by atomic mass is 35.5. The van der Waals surface area contributed by atoms with Crippen molar-refractivity contribution in [2.24, 2.45) is 11.7 Å². The summed E-state index contributed by atoms with van der Waals surface area (Å²) < 4.78 is 0. The van der Waals surface area contributed by atoms with E-state index in [9.17, 15) is 0 Å². The largest absolute Gasteiger partial charge is 0.389 e. The quantitative estimate of drug-likeness (QED) is 0.811. The van der Waals surface area contributed by atoms with E-state index in [1.54, 1.807) is 0 Å². The second-order valence-electron chi connectivity index (χ2n) is 5.34. The van der Waals surface area contributed by atoms with Gasteiger partial charge in [-0.3, -0.25) is 0 Å². The Bertz CT molecular complexity index is 461. The van der Waals surface area contributed by atoms with Gasteiger partial charge in [0, 0.05) is 17.3 Å². The third-order valence-corrected chi connectivity index (χ3v) is 4.50. The Labute approximate surface area is 125 Å². The van der Waals surface area contributed by atoms with Crippen molar-refractivity contribution in [3.8, 4) is 0 Å². The number of halogens is 1. The fourth-order valence-corrected chi connectivity index (χ4v) is 3.35. The molecule has 1 aliphatic carbocycles. The molecule has 1 aromatic carbocycles. The molecule has 0 amide bonds. The normalized spacial score (nSPS) is 23.1. The van der Waals surface area contributed by atoms with E-state index in [2.05, 4.69) is 12.2 Å². The van der Waals surface area contributed by atoms with Crippen molar-refractivity contribution in [2.75, 3.05) is 5.32 Å².